The van der Waals surface area contributed by atoms with Crippen LogP contribution >= 0.6 is 0 Å². The van der Waals surface area contributed by atoms with E-state index in [1.165, 1.54) is 23.6 Å². The van der Waals surface area contributed by atoms with Crippen molar-refractivity contribution in [3.05, 3.63) is 51.9 Å². The monoisotopic (exact) mass is 226 g/mol. The van der Waals surface area contributed by atoms with Crippen LogP contribution in [0.4, 0.5) is 5.69 Å². The van der Waals surface area contributed by atoms with E-state index in [0.717, 1.165) is 29.7 Å². The first kappa shape index (κ1) is 10.1. The number of nitrogens with one attached hydrogen (secondary N) is 1. The Kier molecular flexibility index (Phi) is 2.25. The summed E-state index contributed by atoms with van der Waals surface area (Å²) in [5.74, 6) is 0. The predicted octanol–water partition coefficient (Wildman–Crippen LogP) is 2.11. The molecule has 1 aromatic carbocycles. The van der Waals surface area contributed by atoms with E-state index >= 15 is 0 Å². The summed E-state index contributed by atoms with van der Waals surface area (Å²) in [6.07, 6.45) is 5.10. The molecular weight excluding hydrogens is 212 g/mol. The number of nitrogens with two attached hydrogens (primary N) is 1. The smallest absolute Gasteiger partial charge is 0.247 e. The number of nitrogen functional groups attached to an aromatic ring is 1. The van der Waals surface area contributed by atoms with Crippen molar-refractivity contribution in [2.45, 2.75) is 19.3 Å². The zero-order chi connectivity index (χ0) is 11.8. The van der Waals surface area contributed by atoms with Gasteiger partial charge in [-0.1, -0.05) is 12.1 Å². The van der Waals surface area contributed by atoms with Gasteiger partial charge in [0, 0.05) is 29.1 Å². The lowest BCUT2D eigenvalue weighted by atomic mass is 9.99. The third-order valence-corrected chi connectivity index (χ3v) is 3.42. The molecule has 2 aromatic rings. The third-order valence-electron chi connectivity index (χ3n) is 3.42. The topological polar surface area (TPSA) is 58.9 Å². The first-order valence-electron chi connectivity index (χ1n) is 5.85. The first-order valence-corrected chi connectivity index (χ1v) is 5.85. The first-order chi connectivity index (χ1) is 8.25. The number of fused-ring (bicyclic) bond motifs is 1. The van der Waals surface area contributed by atoms with Gasteiger partial charge in [0.1, 0.15) is 0 Å². The molecule has 3 heteroatoms. The summed E-state index contributed by atoms with van der Waals surface area (Å²) in [5, 5.41) is 0. The van der Waals surface area contributed by atoms with E-state index in [2.05, 4.69) is 11.1 Å². The molecule has 0 fully saturated rings. The van der Waals surface area contributed by atoms with Gasteiger partial charge >= 0.3 is 0 Å². The van der Waals surface area contributed by atoms with Crippen molar-refractivity contribution in [2.24, 2.45) is 0 Å². The van der Waals surface area contributed by atoms with Gasteiger partial charge in [0.15, 0.2) is 0 Å². The summed E-state index contributed by atoms with van der Waals surface area (Å²) in [4.78, 5) is 13.7. The van der Waals surface area contributed by atoms with Gasteiger partial charge in [-0.2, -0.15) is 0 Å². The molecule has 0 aliphatic heterocycles. The minimum absolute atomic E-state index is 0.0894. The van der Waals surface area contributed by atoms with E-state index in [0.29, 0.717) is 0 Å². The second kappa shape index (κ2) is 3.77. The maximum Gasteiger partial charge on any atom is 0.247 e. The molecule has 3 nitrogen and oxygen atoms in total. The summed E-state index contributed by atoms with van der Waals surface area (Å²) >= 11 is 0. The van der Waals surface area contributed by atoms with Crippen LogP contribution < -0.4 is 11.3 Å². The van der Waals surface area contributed by atoms with Crippen molar-refractivity contribution >= 4 is 5.69 Å². The predicted molar refractivity (Wildman–Crippen MR) is 68.9 cm³/mol. The normalized spacial score (nSPS) is 13.6. The highest BCUT2D eigenvalue weighted by molar-refractivity contribution is 5.79. The molecule has 17 heavy (non-hydrogen) atoms. The Labute approximate surface area is 99.3 Å². The minimum atomic E-state index is -0.0894. The number of aryl methyl sites for hydroxylation is 1. The summed E-state index contributed by atoms with van der Waals surface area (Å²) in [6, 6.07) is 7.54. The molecule has 0 atom stereocenters. The van der Waals surface area contributed by atoms with Crippen molar-refractivity contribution in [1.29, 1.82) is 0 Å². The van der Waals surface area contributed by atoms with Gasteiger partial charge in [0.25, 0.3) is 0 Å². The highest BCUT2D eigenvalue weighted by Crippen LogP contribution is 2.34. The van der Waals surface area contributed by atoms with Gasteiger partial charge < -0.3 is 10.7 Å². The van der Waals surface area contributed by atoms with Gasteiger partial charge in [-0.15, -0.1) is 0 Å². The average molecular weight is 226 g/mol. The Morgan fingerprint density at radius 2 is 2.00 bits per heavy atom. The number of benzene rings is 1. The molecule has 1 aliphatic carbocycles. The summed E-state index contributed by atoms with van der Waals surface area (Å²) in [7, 11) is 0. The number of anilines is 1. The summed E-state index contributed by atoms with van der Waals surface area (Å²) in [5.41, 5.74) is 11.6. The molecular formula is C14H14N2O. The van der Waals surface area contributed by atoms with Crippen LogP contribution in [-0.4, -0.2) is 4.98 Å². The number of H-pyrrole nitrogens is 1. The Hall–Kier alpha value is -2.03. The van der Waals surface area contributed by atoms with Crippen LogP contribution in [0.3, 0.4) is 0 Å². The fourth-order valence-corrected chi connectivity index (χ4v) is 2.52. The molecule has 0 amide bonds. The number of pyridine rings is 1. The van der Waals surface area contributed by atoms with Gasteiger partial charge in [-0.25, -0.2) is 0 Å². The van der Waals surface area contributed by atoms with Crippen molar-refractivity contribution in [1.82, 2.24) is 4.98 Å². The standard InChI is InChI=1S/C14H14N2O/c15-14-11-3-1-2-9(11)4-6-12(14)10-5-7-13(17)16-8-10/h4-8H,1-3,15H2,(H,16,17). The summed E-state index contributed by atoms with van der Waals surface area (Å²) < 4.78 is 0. The highest BCUT2D eigenvalue weighted by Gasteiger charge is 2.16. The molecule has 3 N–H and O–H groups in total. The Balaban J connectivity index is 2.16. The van der Waals surface area contributed by atoms with Crippen LogP contribution in [0, 0.1) is 0 Å². The third kappa shape index (κ3) is 1.64. The Morgan fingerprint density at radius 3 is 2.76 bits per heavy atom. The van der Waals surface area contributed by atoms with Crippen molar-refractivity contribution in [3.63, 3.8) is 0 Å². The van der Waals surface area contributed by atoms with Crippen LogP contribution in [0.5, 0.6) is 0 Å². The fourth-order valence-electron chi connectivity index (χ4n) is 2.52. The highest BCUT2D eigenvalue weighted by atomic mass is 16.1. The Morgan fingerprint density at radius 1 is 1.12 bits per heavy atom. The lowest BCUT2D eigenvalue weighted by Gasteiger charge is -2.10. The lowest BCUT2D eigenvalue weighted by Crippen LogP contribution is -2.03. The number of aromatic nitrogens is 1. The molecule has 1 aliphatic rings. The number of aromatic amines is 1. The van der Waals surface area contributed by atoms with Gasteiger partial charge in [-0.3, -0.25) is 4.79 Å². The van der Waals surface area contributed by atoms with E-state index in [9.17, 15) is 4.79 Å². The molecule has 0 radical (unpaired) electrons. The fraction of sp³-hybridized carbons (Fsp3) is 0.214. The molecule has 0 unspecified atom stereocenters. The molecule has 1 heterocycles. The molecule has 0 saturated carbocycles. The molecule has 0 bridgehead atoms. The minimum Gasteiger partial charge on any atom is -0.398 e. The maximum absolute atomic E-state index is 11.0. The van der Waals surface area contributed by atoms with Gasteiger partial charge in [0.2, 0.25) is 5.56 Å². The van der Waals surface area contributed by atoms with Crippen LogP contribution in [0.25, 0.3) is 11.1 Å². The largest absolute Gasteiger partial charge is 0.398 e. The van der Waals surface area contributed by atoms with Gasteiger partial charge in [-0.05, 0) is 36.5 Å². The van der Waals surface area contributed by atoms with Crippen molar-refractivity contribution in [3.8, 4) is 11.1 Å². The quantitative estimate of drug-likeness (QED) is 0.732. The van der Waals surface area contributed by atoms with E-state index in [1.807, 2.05) is 12.1 Å². The number of rotatable bonds is 1. The molecule has 0 saturated heterocycles. The lowest BCUT2D eigenvalue weighted by molar-refractivity contribution is 0.912. The molecule has 0 spiro atoms. The van der Waals surface area contributed by atoms with E-state index in [-0.39, 0.29) is 5.56 Å². The number of hydrogen-bond donors (Lipinski definition) is 2. The van der Waals surface area contributed by atoms with Crippen molar-refractivity contribution in [2.75, 3.05) is 5.73 Å². The van der Waals surface area contributed by atoms with Crippen LogP contribution in [0.15, 0.2) is 35.3 Å². The van der Waals surface area contributed by atoms with Crippen molar-refractivity contribution < 1.29 is 0 Å². The van der Waals surface area contributed by atoms with Crippen LogP contribution in [0.1, 0.15) is 17.5 Å². The Bertz CT molecular complexity index is 608. The van der Waals surface area contributed by atoms with Crippen LogP contribution in [0.2, 0.25) is 0 Å². The van der Waals surface area contributed by atoms with E-state index in [1.54, 1.807) is 6.20 Å². The second-order valence-corrected chi connectivity index (χ2v) is 4.46. The maximum atomic E-state index is 11.0. The summed E-state index contributed by atoms with van der Waals surface area (Å²) in [6.45, 7) is 0. The molecule has 86 valence electrons. The SMILES string of the molecule is Nc1c(-c2ccc(=O)[nH]c2)ccc2c1CCC2. The van der Waals surface area contributed by atoms with E-state index in [4.69, 9.17) is 5.73 Å². The average Bonchev–Trinajstić information content (AvgIpc) is 2.80. The van der Waals surface area contributed by atoms with Crippen LogP contribution in [-0.2, 0) is 12.8 Å². The zero-order valence-electron chi connectivity index (χ0n) is 9.49. The molecule has 1 aromatic heterocycles. The number of hydrogen-bond acceptors (Lipinski definition) is 2. The van der Waals surface area contributed by atoms with E-state index < -0.39 is 0 Å². The second-order valence-electron chi connectivity index (χ2n) is 4.46. The van der Waals surface area contributed by atoms with Gasteiger partial charge in [0.05, 0.1) is 0 Å². The molecule has 3 rings (SSSR count). The zero-order valence-corrected chi connectivity index (χ0v) is 9.49.